The standard InChI is InChI=1S/C17H19ClN2O4S/c1-2-24-15-6-8-16(9-7-15)25(22,23)20-12-17(21)19-11-13-4-3-5-14(18)10-13/h3-10,20H,2,11-12H2,1H3,(H,19,21). The van der Waals surface area contributed by atoms with Crippen molar-refractivity contribution in [3.05, 3.63) is 59.1 Å². The summed E-state index contributed by atoms with van der Waals surface area (Å²) in [6.45, 7) is 2.26. The number of hydrogen-bond donors (Lipinski definition) is 2. The molecule has 1 amide bonds. The maximum absolute atomic E-state index is 12.2. The maximum atomic E-state index is 12.2. The molecule has 0 saturated heterocycles. The molecule has 2 rings (SSSR count). The van der Waals surface area contributed by atoms with Gasteiger partial charge in [0.2, 0.25) is 15.9 Å². The number of sulfonamides is 1. The van der Waals surface area contributed by atoms with Crippen molar-refractivity contribution in [3.8, 4) is 5.75 Å². The van der Waals surface area contributed by atoms with Crippen LogP contribution in [0.15, 0.2) is 53.4 Å². The second kappa shape index (κ2) is 8.84. The highest BCUT2D eigenvalue weighted by Crippen LogP contribution is 2.15. The topological polar surface area (TPSA) is 84.5 Å². The minimum atomic E-state index is -3.76. The minimum Gasteiger partial charge on any atom is -0.494 e. The second-order valence-electron chi connectivity index (χ2n) is 5.14. The molecule has 134 valence electrons. The largest absolute Gasteiger partial charge is 0.494 e. The van der Waals surface area contributed by atoms with E-state index in [4.69, 9.17) is 16.3 Å². The van der Waals surface area contributed by atoms with E-state index >= 15 is 0 Å². The van der Waals surface area contributed by atoms with Crippen LogP contribution in [0.5, 0.6) is 5.75 Å². The van der Waals surface area contributed by atoms with E-state index < -0.39 is 15.9 Å². The summed E-state index contributed by atoms with van der Waals surface area (Å²) in [5.74, 6) is 0.148. The molecular weight excluding hydrogens is 364 g/mol. The smallest absolute Gasteiger partial charge is 0.241 e. The number of carbonyl (C=O) groups excluding carboxylic acids is 1. The third-order valence-electron chi connectivity index (χ3n) is 3.25. The second-order valence-corrected chi connectivity index (χ2v) is 7.34. The third-order valence-corrected chi connectivity index (χ3v) is 4.90. The van der Waals surface area contributed by atoms with Crippen LogP contribution in [-0.2, 0) is 21.4 Å². The summed E-state index contributed by atoms with van der Waals surface area (Å²) in [6, 6.07) is 13.0. The van der Waals surface area contributed by atoms with Gasteiger partial charge in [-0.15, -0.1) is 0 Å². The number of carbonyl (C=O) groups is 1. The van der Waals surface area contributed by atoms with Gasteiger partial charge < -0.3 is 10.1 Å². The first-order valence-electron chi connectivity index (χ1n) is 7.64. The fraction of sp³-hybridized carbons (Fsp3) is 0.235. The molecule has 0 atom stereocenters. The molecule has 0 fully saturated rings. The summed E-state index contributed by atoms with van der Waals surface area (Å²) in [6.07, 6.45) is 0. The van der Waals surface area contributed by atoms with Gasteiger partial charge in [-0.2, -0.15) is 0 Å². The molecule has 8 heteroatoms. The highest BCUT2D eigenvalue weighted by molar-refractivity contribution is 7.89. The zero-order chi connectivity index (χ0) is 18.3. The fourth-order valence-corrected chi connectivity index (χ4v) is 3.23. The van der Waals surface area contributed by atoms with Crippen LogP contribution in [0.25, 0.3) is 0 Å². The number of amides is 1. The minimum absolute atomic E-state index is 0.0681. The van der Waals surface area contributed by atoms with E-state index in [0.717, 1.165) is 5.56 Å². The van der Waals surface area contributed by atoms with Crippen LogP contribution < -0.4 is 14.8 Å². The summed E-state index contributed by atoms with van der Waals surface area (Å²) in [5, 5.41) is 3.20. The zero-order valence-corrected chi connectivity index (χ0v) is 15.2. The van der Waals surface area contributed by atoms with Gasteiger partial charge in [0.15, 0.2) is 0 Å². The molecular formula is C17H19ClN2O4S. The molecule has 0 saturated carbocycles. The van der Waals surface area contributed by atoms with Gasteiger partial charge in [-0.3, -0.25) is 4.79 Å². The summed E-state index contributed by atoms with van der Waals surface area (Å²) >= 11 is 5.87. The van der Waals surface area contributed by atoms with Crippen LogP contribution in [0.3, 0.4) is 0 Å². The maximum Gasteiger partial charge on any atom is 0.241 e. The van der Waals surface area contributed by atoms with Gasteiger partial charge in [-0.05, 0) is 48.9 Å². The van der Waals surface area contributed by atoms with Gasteiger partial charge in [0, 0.05) is 11.6 Å². The van der Waals surface area contributed by atoms with Crippen molar-refractivity contribution in [2.75, 3.05) is 13.2 Å². The third kappa shape index (κ3) is 6.04. The van der Waals surface area contributed by atoms with E-state index in [0.29, 0.717) is 17.4 Å². The Balaban J connectivity index is 1.87. The first-order chi connectivity index (χ1) is 11.9. The molecule has 0 spiro atoms. The summed E-state index contributed by atoms with van der Waals surface area (Å²) in [5.41, 5.74) is 0.829. The SMILES string of the molecule is CCOc1ccc(S(=O)(=O)NCC(=O)NCc2cccc(Cl)c2)cc1. The van der Waals surface area contributed by atoms with E-state index in [1.165, 1.54) is 12.1 Å². The summed E-state index contributed by atoms with van der Waals surface area (Å²) in [4.78, 5) is 11.9. The van der Waals surface area contributed by atoms with Gasteiger partial charge in [0.05, 0.1) is 18.0 Å². The van der Waals surface area contributed by atoms with Crippen molar-refractivity contribution < 1.29 is 17.9 Å². The van der Waals surface area contributed by atoms with Crippen molar-refractivity contribution in [1.29, 1.82) is 0 Å². The molecule has 2 aromatic rings. The molecule has 0 heterocycles. The average molecular weight is 383 g/mol. The molecule has 2 N–H and O–H groups in total. The zero-order valence-electron chi connectivity index (χ0n) is 13.7. The van der Waals surface area contributed by atoms with Gasteiger partial charge >= 0.3 is 0 Å². The van der Waals surface area contributed by atoms with E-state index in [1.54, 1.807) is 30.3 Å². The predicted octanol–water partition coefficient (Wildman–Crippen LogP) is 2.33. The number of halogens is 1. The lowest BCUT2D eigenvalue weighted by Crippen LogP contribution is -2.36. The normalized spacial score (nSPS) is 11.1. The Morgan fingerprint density at radius 1 is 1.16 bits per heavy atom. The van der Waals surface area contributed by atoms with Crippen LogP contribution in [-0.4, -0.2) is 27.5 Å². The highest BCUT2D eigenvalue weighted by atomic mass is 35.5. The lowest BCUT2D eigenvalue weighted by molar-refractivity contribution is -0.120. The molecule has 2 aromatic carbocycles. The Morgan fingerprint density at radius 3 is 2.52 bits per heavy atom. The number of nitrogens with one attached hydrogen (secondary N) is 2. The van der Waals surface area contributed by atoms with Gasteiger partial charge in [0.25, 0.3) is 0 Å². The lowest BCUT2D eigenvalue weighted by atomic mass is 10.2. The van der Waals surface area contributed by atoms with Crippen molar-refractivity contribution in [1.82, 2.24) is 10.0 Å². The number of benzene rings is 2. The van der Waals surface area contributed by atoms with Crippen molar-refractivity contribution in [2.45, 2.75) is 18.4 Å². The summed E-state index contributed by atoms with van der Waals surface area (Å²) < 4.78 is 31.9. The Labute approximate surface area is 152 Å². The van der Waals surface area contributed by atoms with Crippen molar-refractivity contribution >= 4 is 27.5 Å². The molecule has 6 nitrogen and oxygen atoms in total. The Bertz CT molecular complexity index is 823. The molecule has 0 bridgehead atoms. The predicted molar refractivity (Wildman–Crippen MR) is 96.1 cm³/mol. The van der Waals surface area contributed by atoms with Gasteiger partial charge in [-0.1, -0.05) is 23.7 Å². The number of hydrogen-bond acceptors (Lipinski definition) is 4. The van der Waals surface area contributed by atoms with Crippen molar-refractivity contribution in [2.24, 2.45) is 0 Å². The molecule has 25 heavy (non-hydrogen) atoms. The van der Waals surface area contributed by atoms with Gasteiger partial charge in [-0.25, -0.2) is 13.1 Å². The number of rotatable bonds is 8. The average Bonchev–Trinajstić information content (AvgIpc) is 2.59. The molecule has 0 unspecified atom stereocenters. The Kier molecular flexibility index (Phi) is 6.81. The monoisotopic (exact) mass is 382 g/mol. The van der Waals surface area contributed by atoms with Crippen molar-refractivity contribution in [3.63, 3.8) is 0 Å². The van der Waals surface area contributed by atoms with Crippen LogP contribution in [0.4, 0.5) is 0 Å². The van der Waals surface area contributed by atoms with E-state index in [2.05, 4.69) is 10.0 Å². The van der Waals surface area contributed by atoms with E-state index in [9.17, 15) is 13.2 Å². The summed E-state index contributed by atoms with van der Waals surface area (Å²) in [7, 11) is -3.76. The van der Waals surface area contributed by atoms with Crippen LogP contribution in [0, 0.1) is 0 Å². The molecule has 0 aliphatic carbocycles. The quantitative estimate of drug-likeness (QED) is 0.733. The van der Waals surface area contributed by atoms with Crippen LogP contribution in [0.1, 0.15) is 12.5 Å². The molecule has 0 radical (unpaired) electrons. The van der Waals surface area contributed by atoms with Gasteiger partial charge in [0.1, 0.15) is 5.75 Å². The van der Waals surface area contributed by atoms with Crippen LogP contribution >= 0.6 is 11.6 Å². The van der Waals surface area contributed by atoms with E-state index in [-0.39, 0.29) is 18.0 Å². The number of ether oxygens (including phenoxy) is 1. The fourth-order valence-electron chi connectivity index (χ4n) is 2.04. The van der Waals surface area contributed by atoms with Crippen LogP contribution in [0.2, 0.25) is 5.02 Å². The highest BCUT2D eigenvalue weighted by Gasteiger charge is 2.15. The molecule has 0 aliphatic heterocycles. The molecule has 0 aromatic heterocycles. The molecule has 0 aliphatic rings. The Hall–Kier alpha value is -2.09. The lowest BCUT2D eigenvalue weighted by Gasteiger charge is -2.09. The first kappa shape index (κ1) is 19.2. The van der Waals surface area contributed by atoms with E-state index in [1.807, 2.05) is 13.0 Å². The first-order valence-corrected chi connectivity index (χ1v) is 9.50. The Morgan fingerprint density at radius 2 is 1.88 bits per heavy atom.